The molecule has 4 unspecified atom stereocenters. The number of H-pyrrole nitrogens is 1. The molecule has 1 aliphatic carbocycles. The summed E-state index contributed by atoms with van der Waals surface area (Å²) in [7, 11) is 0. The standard InChI is InChI=1S/C23H28F3N5O/c24-23(25,26)11-15-9-16(32)2-4-17(15)14-1-3-18-19(10-14)30-31-21(18)22-28-12-20(29-22)13-5-7-27-8-6-13/h2,4-5,9,12,14,18-19,21,27,30-32H,1,3,6-8,10-11H2,(H,28,29). The summed E-state index contributed by atoms with van der Waals surface area (Å²) < 4.78 is 39.3. The SMILES string of the molecule is Oc1ccc(C2CCC3C(C2)NNC3c2ncc(C3=CCNCC3)[nH]2)c(CC(F)(F)F)c1. The fraction of sp³-hybridized carbons (Fsp3) is 0.522. The molecule has 2 aliphatic heterocycles. The lowest BCUT2D eigenvalue weighted by molar-refractivity contribution is -0.127. The minimum Gasteiger partial charge on any atom is -0.508 e. The van der Waals surface area contributed by atoms with Crippen molar-refractivity contribution >= 4 is 5.57 Å². The van der Waals surface area contributed by atoms with E-state index in [-0.39, 0.29) is 29.3 Å². The number of aromatic hydroxyl groups is 1. The number of hydrogen-bond donors (Lipinski definition) is 5. The lowest BCUT2D eigenvalue weighted by atomic mass is 9.73. The maximum atomic E-state index is 13.1. The number of nitrogens with one attached hydrogen (secondary N) is 4. The fourth-order valence-corrected chi connectivity index (χ4v) is 5.50. The van der Waals surface area contributed by atoms with E-state index in [0.29, 0.717) is 11.5 Å². The quantitative estimate of drug-likeness (QED) is 0.494. The van der Waals surface area contributed by atoms with Crippen molar-refractivity contribution in [3.63, 3.8) is 0 Å². The second-order valence-corrected chi connectivity index (χ2v) is 9.09. The second kappa shape index (κ2) is 8.53. The van der Waals surface area contributed by atoms with Crippen molar-refractivity contribution in [3.05, 3.63) is 53.1 Å². The molecule has 3 heterocycles. The Bertz CT molecular complexity index is 1000. The predicted octanol–water partition coefficient (Wildman–Crippen LogP) is 3.70. The molecular formula is C23H28F3N5O. The molecule has 4 atom stereocenters. The molecule has 2 fully saturated rings. The lowest BCUT2D eigenvalue weighted by Gasteiger charge is -2.33. The van der Waals surface area contributed by atoms with E-state index in [4.69, 9.17) is 0 Å². The average molecular weight is 448 g/mol. The zero-order chi connectivity index (χ0) is 22.3. The van der Waals surface area contributed by atoms with Gasteiger partial charge in [-0.3, -0.25) is 5.43 Å². The van der Waals surface area contributed by atoms with Crippen LogP contribution in [0.3, 0.4) is 0 Å². The number of alkyl halides is 3. The number of hydrogen-bond acceptors (Lipinski definition) is 5. The first-order valence-electron chi connectivity index (χ1n) is 11.2. The summed E-state index contributed by atoms with van der Waals surface area (Å²) in [6.45, 7) is 1.83. The summed E-state index contributed by atoms with van der Waals surface area (Å²) in [5, 5.41) is 13.0. The van der Waals surface area contributed by atoms with E-state index in [1.807, 2.05) is 6.20 Å². The number of aromatic amines is 1. The Labute approximate surface area is 184 Å². The molecule has 0 amide bonds. The van der Waals surface area contributed by atoms with Crippen LogP contribution in [0.25, 0.3) is 5.57 Å². The summed E-state index contributed by atoms with van der Waals surface area (Å²) in [5.74, 6) is 1.12. The summed E-state index contributed by atoms with van der Waals surface area (Å²) >= 11 is 0. The van der Waals surface area contributed by atoms with Gasteiger partial charge in [0.05, 0.1) is 24.4 Å². The van der Waals surface area contributed by atoms with E-state index in [9.17, 15) is 18.3 Å². The van der Waals surface area contributed by atoms with Crippen LogP contribution in [0.1, 0.15) is 60.3 Å². The number of fused-ring (bicyclic) bond motifs is 1. The smallest absolute Gasteiger partial charge is 0.393 e. The number of nitrogens with zero attached hydrogens (tertiary/aromatic N) is 1. The minimum absolute atomic E-state index is 0.0225. The van der Waals surface area contributed by atoms with Crippen LogP contribution in [0.5, 0.6) is 5.75 Å². The van der Waals surface area contributed by atoms with Crippen LogP contribution in [0.15, 0.2) is 30.5 Å². The Morgan fingerprint density at radius 3 is 2.81 bits per heavy atom. The molecule has 0 spiro atoms. The van der Waals surface area contributed by atoms with Crippen LogP contribution in [-0.4, -0.2) is 40.4 Å². The highest BCUT2D eigenvalue weighted by Gasteiger charge is 2.43. The molecule has 1 aromatic carbocycles. The maximum absolute atomic E-state index is 13.1. The van der Waals surface area contributed by atoms with E-state index in [0.717, 1.165) is 50.3 Å². The van der Waals surface area contributed by atoms with Crippen molar-refractivity contribution in [3.8, 4) is 5.75 Å². The zero-order valence-electron chi connectivity index (χ0n) is 17.7. The molecular weight excluding hydrogens is 419 g/mol. The van der Waals surface area contributed by atoms with Gasteiger partial charge in [0, 0.05) is 12.6 Å². The molecule has 9 heteroatoms. The molecule has 3 aliphatic rings. The molecule has 6 nitrogen and oxygen atoms in total. The summed E-state index contributed by atoms with van der Waals surface area (Å²) in [6, 6.07) is 4.61. The third kappa shape index (κ3) is 4.42. The number of hydrazine groups is 1. The summed E-state index contributed by atoms with van der Waals surface area (Å²) in [5.41, 5.74) is 9.94. The van der Waals surface area contributed by atoms with E-state index in [1.165, 1.54) is 17.7 Å². The molecule has 5 N–H and O–H groups in total. The third-order valence-electron chi connectivity index (χ3n) is 7.01. The van der Waals surface area contributed by atoms with Gasteiger partial charge in [-0.2, -0.15) is 13.2 Å². The molecule has 1 aromatic heterocycles. The van der Waals surface area contributed by atoms with Crippen LogP contribution < -0.4 is 16.2 Å². The topological polar surface area (TPSA) is 85.0 Å². The van der Waals surface area contributed by atoms with Gasteiger partial charge in [0.15, 0.2) is 0 Å². The lowest BCUT2D eigenvalue weighted by Crippen LogP contribution is -2.35. The minimum atomic E-state index is -4.31. The highest BCUT2D eigenvalue weighted by Crippen LogP contribution is 2.44. The normalized spacial score (nSPS) is 28.4. The van der Waals surface area contributed by atoms with Crippen molar-refractivity contribution in [1.82, 2.24) is 26.1 Å². The zero-order valence-corrected chi connectivity index (χ0v) is 17.7. The van der Waals surface area contributed by atoms with Crippen molar-refractivity contribution in [2.45, 2.75) is 56.3 Å². The first-order valence-corrected chi connectivity index (χ1v) is 11.2. The van der Waals surface area contributed by atoms with Crippen LogP contribution >= 0.6 is 0 Å². The van der Waals surface area contributed by atoms with Crippen molar-refractivity contribution in [2.24, 2.45) is 5.92 Å². The van der Waals surface area contributed by atoms with Gasteiger partial charge in [-0.05, 0) is 72.9 Å². The van der Waals surface area contributed by atoms with E-state index < -0.39 is 12.6 Å². The first-order chi connectivity index (χ1) is 15.4. The molecule has 5 rings (SSSR count). The van der Waals surface area contributed by atoms with Gasteiger partial charge in [-0.1, -0.05) is 12.1 Å². The predicted molar refractivity (Wildman–Crippen MR) is 115 cm³/mol. The summed E-state index contributed by atoms with van der Waals surface area (Å²) in [4.78, 5) is 8.11. The number of rotatable bonds is 4. The highest BCUT2D eigenvalue weighted by atomic mass is 19.4. The van der Waals surface area contributed by atoms with Gasteiger partial charge < -0.3 is 15.4 Å². The fourth-order valence-electron chi connectivity index (χ4n) is 5.50. The van der Waals surface area contributed by atoms with Gasteiger partial charge in [-0.25, -0.2) is 10.4 Å². The van der Waals surface area contributed by atoms with Gasteiger partial charge in [-0.15, -0.1) is 0 Å². The average Bonchev–Trinajstić information content (AvgIpc) is 3.40. The van der Waals surface area contributed by atoms with Crippen LogP contribution in [0.4, 0.5) is 13.2 Å². The Hall–Kier alpha value is -2.36. The van der Waals surface area contributed by atoms with Crippen molar-refractivity contribution in [2.75, 3.05) is 13.1 Å². The first kappa shape index (κ1) is 21.5. The van der Waals surface area contributed by atoms with Gasteiger partial charge in [0.1, 0.15) is 11.6 Å². The Balaban J connectivity index is 1.30. The van der Waals surface area contributed by atoms with Crippen molar-refractivity contribution < 1.29 is 18.3 Å². The van der Waals surface area contributed by atoms with E-state index in [1.54, 1.807) is 6.07 Å². The number of halogens is 3. The number of benzene rings is 1. The number of imidazole rings is 1. The van der Waals surface area contributed by atoms with Crippen LogP contribution in [0, 0.1) is 5.92 Å². The Morgan fingerprint density at radius 1 is 1.16 bits per heavy atom. The second-order valence-electron chi connectivity index (χ2n) is 9.09. The van der Waals surface area contributed by atoms with Crippen LogP contribution in [0.2, 0.25) is 0 Å². The van der Waals surface area contributed by atoms with E-state index >= 15 is 0 Å². The molecule has 32 heavy (non-hydrogen) atoms. The van der Waals surface area contributed by atoms with Crippen molar-refractivity contribution in [1.29, 1.82) is 0 Å². The molecule has 1 saturated carbocycles. The maximum Gasteiger partial charge on any atom is 0.393 e. The Kier molecular flexibility index (Phi) is 5.73. The largest absolute Gasteiger partial charge is 0.508 e. The number of phenolic OH excluding ortho intramolecular Hbond substituents is 1. The summed E-state index contributed by atoms with van der Waals surface area (Å²) in [6.07, 6.45) is 2.16. The molecule has 172 valence electrons. The van der Waals surface area contributed by atoms with Gasteiger partial charge in [0.2, 0.25) is 0 Å². The highest BCUT2D eigenvalue weighted by molar-refractivity contribution is 5.63. The monoisotopic (exact) mass is 447 g/mol. The van der Waals surface area contributed by atoms with Gasteiger partial charge >= 0.3 is 6.18 Å². The van der Waals surface area contributed by atoms with Gasteiger partial charge in [0.25, 0.3) is 0 Å². The van der Waals surface area contributed by atoms with Crippen LogP contribution in [-0.2, 0) is 6.42 Å². The number of aromatic nitrogens is 2. The molecule has 0 radical (unpaired) electrons. The molecule has 0 bridgehead atoms. The number of phenols is 1. The molecule has 2 aromatic rings. The third-order valence-corrected chi connectivity index (χ3v) is 7.01. The van der Waals surface area contributed by atoms with E-state index in [2.05, 4.69) is 32.2 Å². The molecule has 1 saturated heterocycles. The Morgan fingerprint density at radius 2 is 2.03 bits per heavy atom.